The van der Waals surface area contributed by atoms with Crippen LogP contribution in [0, 0.1) is 13.8 Å². The van der Waals surface area contributed by atoms with Crippen LogP contribution < -0.4 is 16.6 Å². The van der Waals surface area contributed by atoms with Gasteiger partial charge in [-0.2, -0.15) is 13.2 Å². The van der Waals surface area contributed by atoms with Crippen LogP contribution in [0.2, 0.25) is 5.02 Å². The van der Waals surface area contributed by atoms with Gasteiger partial charge in [-0.15, -0.1) is 0 Å². The monoisotopic (exact) mass is 630 g/mol. The maximum absolute atomic E-state index is 14.3. The van der Waals surface area contributed by atoms with Gasteiger partial charge in [0.05, 0.1) is 38.7 Å². The van der Waals surface area contributed by atoms with E-state index in [2.05, 4.69) is 10.3 Å². The van der Waals surface area contributed by atoms with Gasteiger partial charge in [0.25, 0.3) is 5.56 Å². The van der Waals surface area contributed by atoms with Crippen molar-refractivity contribution >= 4 is 38.4 Å². The van der Waals surface area contributed by atoms with Crippen molar-refractivity contribution in [3.8, 4) is 0 Å². The van der Waals surface area contributed by atoms with Crippen LogP contribution in [0.15, 0.2) is 32.7 Å². The molecule has 0 spiro atoms. The second kappa shape index (κ2) is 11.7. The van der Waals surface area contributed by atoms with Gasteiger partial charge in [0, 0.05) is 19.1 Å². The molecule has 1 atom stereocenters. The van der Waals surface area contributed by atoms with Crippen molar-refractivity contribution in [2.45, 2.75) is 63.8 Å². The number of H-pyrrole nitrogens is 1. The summed E-state index contributed by atoms with van der Waals surface area (Å²) in [6, 6.07) is 3.15. The molecule has 1 saturated heterocycles. The molecule has 1 fully saturated rings. The topological polar surface area (TPSA) is 142 Å². The van der Waals surface area contributed by atoms with Crippen molar-refractivity contribution in [2.24, 2.45) is 0 Å². The number of amides is 1. The number of aromatic amines is 1. The molecule has 10 nitrogen and oxygen atoms in total. The van der Waals surface area contributed by atoms with E-state index in [-0.39, 0.29) is 40.4 Å². The number of nitrogens with zero attached hydrogens (tertiary/aromatic N) is 2. The Hall–Kier alpha value is -3.36. The Morgan fingerprint density at radius 2 is 1.83 bits per heavy atom. The highest BCUT2D eigenvalue weighted by Crippen LogP contribution is 2.39. The first-order valence-corrected chi connectivity index (χ1v) is 15.2. The summed E-state index contributed by atoms with van der Waals surface area (Å²) < 4.78 is 69.1. The summed E-state index contributed by atoms with van der Waals surface area (Å²) in [7, 11) is -3.76. The lowest BCUT2D eigenvalue weighted by Crippen LogP contribution is -2.47. The highest BCUT2D eigenvalue weighted by molar-refractivity contribution is 7.91. The number of hydrogen-bond donors (Lipinski definition) is 3. The van der Waals surface area contributed by atoms with Crippen molar-refractivity contribution < 1.29 is 31.5 Å². The second-order valence-corrected chi connectivity index (χ2v) is 13.1. The quantitative estimate of drug-likeness (QED) is 0.358. The van der Waals surface area contributed by atoms with Crippen LogP contribution in [0.1, 0.15) is 47.6 Å². The number of benzene rings is 2. The van der Waals surface area contributed by atoms with Crippen molar-refractivity contribution in [3.05, 3.63) is 71.9 Å². The standard InChI is InChI=1S/C27H30ClF3N4O6S/c1-4-42(40,41)21-9-15(3)14(2)8-16(21)11-35-24(36)18-10-20(27(29,30)31)19(22(28)23(18)33-25(35)37)13-34-7-5-6-17(12-34)32-26(38)39/h8-10,17,32H,4-7,11-13H2,1-3H3,(H,33,37)(H,38,39)/t17-/m1/s1. The number of nitrogens with one attached hydrogen (secondary N) is 2. The van der Waals surface area contributed by atoms with Crippen LogP contribution in [0.3, 0.4) is 0 Å². The maximum Gasteiger partial charge on any atom is 0.416 e. The van der Waals surface area contributed by atoms with Crippen molar-refractivity contribution in [2.75, 3.05) is 18.8 Å². The molecule has 2 heterocycles. The number of carbonyl (C=O) groups is 1. The SMILES string of the molecule is CCS(=O)(=O)c1cc(C)c(C)cc1Cn1c(=O)[nH]c2c(Cl)c(CN3CCC[C@@H](NC(=O)O)C3)c(C(F)(F)F)cc2c1=O. The van der Waals surface area contributed by atoms with Gasteiger partial charge in [-0.3, -0.25) is 14.3 Å². The summed E-state index contributed by atoms with van der Waals surface area (Å²) in [5, 5.41) is 10.4. The minimum atomic E-state index is -4.91. The van der Waals surface area contributed by atoms with Gasteiger partial charge in [0.1, 0.15) is 0 Å². The van der Waals surface area contributed by atoms with Gasteiger partial charge in [0.15, 0.2) is 9.84 Å². The molecule has 3 N–H and O–H groups in total. The molecule has 228 valence electrons. The Bertz CT molecular complexity index is 1790. The summed E-state index contributed by atoms with van der Waals surface area (Å²) in [6.07, 6.45) is -5.09. The Balaban J connectivity index is 1.85. The van der Waals surface area contributed by atoms with E-state index in [0.29, 0.717) is 41.1 Å². The Kier molecular flexibility index (Phi) is 8.82. The molecule has 15 heteroatoms. The number of aromatic nitrogens is 2. The first-order chi connectivity index (χ1) is 19.5. The van der Waals surface area contributed by atoms with E-state index in [9.17, 15) is 36.0 Å². The fourth-order valence-electron chi connectivity index (χ4n) is 5.25. The number of fused-ring (bicyclic) bond motifs is 1. The molecule has 1 aliphatic heterocycles. The third-order valence-corrected chi connectivity index (χ3v) is 9.79. The normalized spacial score (nSPS) is 16.6. The second-order valence-electron chi connectivity index (χ2n) is 10.4. The number of carboxylic acid groups (broad SMARTS) is 1. The average molecular weight is 631 g/mol. The molecule has 0 saturated carbocycles. The molecular formula is C27H30ClF3N4O6S. The lowest BCUT2D eigenvalue weighted by molar-refractivity contribution is -0.138. The number of hydrogen-bond acceptors (Lipinski definition) is 6. The fraction of sp³-hybridized carbons (Fsp3) is 0.444. The summed E-state index contributed by atoms with van der Waals surface area (Å²) in [6.45, 7) is 4.64. The average Bonchev–Trinajstić information content (AvgIpc) is 2.89. The molecule has 0 radical (unpaired) electrons. The van der Waals surface area contributed by atoms with Gasteiger partial charge < -0.3 is 15.4 Å². The van der Waals surface area contributed by atoms with Crippen LogP contribution in [-0.2, 0) is 29.1 Å². The number of sulfone groups is 1. The van der Waals surface area contributed by atoms with E-state index >= 15 is 0 Å². The van der Waals surface area contributed by atoms with Gasteiger partial charge >= 0.3 is 18.0 Å². The van der Waals surface area contributed by atoms with E-state index in [1.165, 1.54) is 19.1 Å². The van der Waals surface area contributed by atoms with E-state index in [4.69, 9.17) is 16.7 Å². The van der Waals surface area contributed by atoms with Crippen LogP contribution in [-0.4, -0.2) is 59.0 Å². The Labute approximate surface area is 244 Å². The molecule has 0 aliphatic carbocycles. The molecule has 1 aromatic heterocycles. The predicted molar refractivity (Wildman–Crippen MR) is 151 cm³/mol. The molecule has 0 bridgehead atoms. The zero-order valence-corrected chi connectivity index (χ0v) is 24.6. The van der Waals surface area contributed by atoms with Crippen molar-refractivity contribution in [1.82, 2.24) is 19.8 Å². The van der Waals surface area contributed by atoms with Gasteiger partial charge in [-0.05, 0) is 67.6 Å². The molecule has 1 aliphatic rings. The number of alkyl halides is 3. The predicted octanol–water partition coefficient (Wildman–Crippen LogP) is 4.05. The zero-order valence-electron chi connectivity index (χ0n) is 23.1. The van der Waals surface area contributed by atoms with E-state index in [0.717, 1.165) is 0 Å². The minimum Gasteiger partial charge on any atom is -0.465 e. The minimum absolute atomic E-state index is 0.0684. The smallest absolute Gasteiger partial charge is 0.416 e. The van der Waals surface area contributed by atoms with Crippen LogP contribution in [0.25, 0.3) is 10.9 Å². The number of aryl methyl sites for hydroxylation is 2. The number of halogens is 4. The van der Waals surface area contributed by atoms with Gasteiger partial charge in [-0.1, -0.05) is 24.6 Å². The highest BCUT2D eigenvalue weighted by Gasteiger charge is 2.37. The summed E-state index contributed by atoms with van der Waals surface area (Å²) >= 11 is 6.46. The van der Waals surface area contributed by atoms with Crippen LogP contribution >= 0.6 is 11.6 Å². The van der Waals surface area contributed by atoms with Crippen molar-refractivity contribution in [1.29, 1.82) is 0 Å². The number of piperidine rings is 1. The summed E-state index contributed by atoms with van der Waals surface area (Å²) in [4.78, 5) is 41.7. The van der Waals surface area contributed by atoms with Crippen molar-refractivity contribution in [3.63, 3.8) is 0 Å². The Morgan fingerprint density at radius 3 is 2.45 bits per heavy atom. The first-order valence-electron chi connectivity index (χ1n) is 13.1. The third-order valence-electron chi connectivity index (χ3n) is 7.56. The van der Waals surface area contributed by atoms with Gasteiger partial charge in [-0.25, -0.2) is 18.0 Å². The molecule has 42 heavy (non-hydrogen) atoms. The third kappa shape index (κ3) is 6.35. The van der Waals surface area contributed by atoms with Crippen LogP contribution in [0.5, 0.6) is 0 Å². The first kappa shape index (κ1) is 31.6. The Morgan fingerprint density at radius 1 is 1.17 bits per heavy atom. The number of likely N-dealkylation sites (tertiary alicyclic amines) is 1. The maximum atomic E-state index is 14.3. The largest absolute Gasteiger partial charge is 0.465 e. The summed E-state index contributed by atoms with van der Waals surface area (Å²) in [5.41, 5.74) is -2.29. The van der Waals surface area contributed by atoms with E-state index < -0.39 is 61.9 Å². The fourth-order valence-corrected chi connectivity index (χ4v) is 6.75. The molecule has 2 aromatic carbocycles. The summed E-state index contributed by atoms with van der Waals surface area (Å²) in [5.74, 6) is -0.233. The molecule has 1 amide bonds. The van der Waals surface area contributed by atoms with E-state index in [1.807, 2.05) is 0 Å². The van der Waals surface area contributed by atoms with E-state index in [1.54, 1.807) is 18.7 Å². The lowest BCUT2D eigenvalue weighted by atomic mass is 10.0. The molecule has 4 rings (SSSR count). The molecular weight excluding hydrogens is 601 g/mol. The number of rotatable bonds is 7. The zero-order chi connectivity index (χ0) is 31.1. The molecule has 0 unspecified atom stereocenters. The molecule has 3 aromatic rings. The highest BCUT2D eigenvalue weighted by atomic mass is 35.5. The lowest BCUT2D eigenvalue weighted by Gasteiger charge is -2.33. The van der Waals surface area contributed by atoms with Gasteiger partial charge in [0.2, 0.25) is 0 Å². The van der Waals surface area contributed by atoms with Crippen LogP contribution in [0.4, 0.5) is 18.0 Å².